The van der Waals surface area contributed by atoms with Crippen molar-refractivity contribution in [1.82, 2.24) is 0 Å². The minimum atomic E-state index is -0.564. The van der Waals surface area contributed by atoms with Gasteiger partial charge in [0.25, 0.3) is 5.91 Å². The molecule has 6 nitrogen and oxygen atoms in total. The van der Waals surface area contributed by atoms with E-state index in [1.165, 1.54) is 0 Å². The molecule has 2 aromatic carbocycles. The first-order valence-electron chi connectivity index (χ1n) is 8.82. The molecule has 1 fully saturated rings. The second-order valence-electron chi connectivity index (χ2n) is 6.77. The Kier molecular flexibility index (Phi) is 5.54. The molecule has 2 amide bonds. The van der Waals surface area contributed by atoms with E-state index in [9.17, 15) is 14.4 Å². The van der Waals surface area contributed by atoms with Crippen molar-refractivity contribution >= 4 is 29.2 Å². The first-order valence-corrected chi connectivity index (χ1v) is 8.82. The average molecular weight is 366 g/mol. The van der Waals surface area contributed by atoms with Gasteiger partial charge in [0.1, 0.15) is 0 Å². The lowest BCUT2D eigenvalue weighted by Gasteiger charge is -2.16. The van der Waals surface area contributed by atoms with Crippen molar-refractivity contribution in [1.29, 1.82) is 0 Å². The molecule has 0 aromatic heterocycles. The van der Waals surface area contributed by atoms with Crippen LogP contribution in [0.4, 0.5) is 11.4 Å². The molecule has 1 heterocycles. The largest absolute Gasteiger partial charge is 0.455 e. The Morgan fingerprint density at radius 3 is 2.56 bits per heavy atom. The Morgan fingerprint density at radius 1 is 1.11 bits per heavy atom. The topological polar surface area (TPSA) is 75.7 Å². The number of ether oxygens (including phenoxy) is 1. The van der Waals surface area contributed by atoms with Crippen molar-refractivity contribution in [3.05, 3.63) is 59.7 Å². The number of anilines is 2. The molecule has 27 heavy (non-hydrogen) atoms. The lowest BCUT2D eigenvalue weighted by molar-refractivity contribution is -0.151. The highest BCUT2D eigenvalue weighted by atomic mass is 16.5. The first kappa shape index (κ1) is 18.6. The molecular formula is C21H22N2O4. The van der Waals surface area contributed by atoms with Gasteiger partial charge in [0, 0.05) is 24.3 Å². The highest BCUT2D eigenvalue weighted by Crippen LogP contribution is 2.26. The molecule has 0 spiro atoms. The molecule has 1 saturated heterocycles. The van der Waals surface area contributed by atoms with Gasteiger partial charge in [-0.15, -0.1) is 0 Å². The van der Waals surface area contributed by atoms with Gasteiger partial charge in [-0.05, 0) is 43.7 Å². The molecule has 0 aliphatic carbocycles. The Hall–Kier alpha value is -3.15. The number of rotatable bonds is 5. The van der Waals surface area contributed by atoms with Gasteiger partial charge in [0.15, 0.2) is 6.61 Å². The number of hydrogen-bond donors (Lipinski definition) is 1. The Balaban J connectivity index is 1.52. The summed E-state index contributed by atoms with van der Waals surface area (Å²) in [6, 6.07) is 14.9. The molecule has 1 aliphatic heterocycles. The van der Waals surface area contributed by atoms with E-state index in [1.807, 2.05) is 56.3 Å². The smallest absolute Gasteiger partial charge is 0.311 e. The summed E-state index contributed by atoms with van der Waals surface area (Å²) in [6.07, 6.45) is 0.0895. The fourth-order valence-electron chi connectivity index (χ4n) is 3.01. The van der Waals surface area contributed by atoms with Crippen LogP contribution >= 0.6 is 0 Å². The van der Waals surface area contributed by atoms with Crippen molar-refractivity contribution in [3.8, 4) is 0 Å². The molecular weight excluding hydrogens is 344 g/mol. The van der Waals surface area contributed by atoms with E-state index in [2.05, 4.69) is 5.32 Å². The van der Waals surface area contributed by atoms with Crippen LogP contribution in [0.1, 0.15) is 17.5 Å². The summed E-state index contributed by atoms with van der Waals surface area (Å²) < 4.78 is 5.11. The summed E-state index contributed by atoms with van der Waals surface area (Å²) in [7, 11) is 0. The van der Waals surface area contributed by atoms with E-state index in [-0.39, 0.29) is 25.5 Å². The van der Waals surface area contributed by atoms with Crippen LogP contribution in [0.25, 0.3) is 0 Å². The van der Waals surface area contributed by atoms with Gasteiger partial charge in [0.2, 0.25) is 5.91 Å². The maximum Gasteiger partial charge on any atom is 0.311 e. The van der Waals surface area contributed by atoms with Crippen molar-refractivity contribution in [3.63, 3.8) is 0 Å². The predicted molar refractivity (Wildman–Crippen MR) is 102 cm³/mol. The van der Waals surface area contributed by atoms with Crippen molar-refractivity contribution < 1.29 is 19.1 Å². The molecule has 140 valence electrons. The third-order valence-corrected chi connectivity index (χ3v) is 4.45. The minimum absolute atomic E-state index is 0.0895. The van der Waals surface area contributed by atoms with Gasteiger partial charge in [-0.1, -0.05) is 29.8 Å². The standard InChI is InChI=1S/C21H22N2O4/c1-14-6-8-18(9-7-14)23-12-16(11-20(23)25)21(26)27-13-19(24)22-17-5-3-4-15(2)10-17/h3-10,16H,11-13H2,1-2H3,(H,22,24)/t16-/m0/s1. The van der Waals surface area contributed by atoms with Crippen LogP contribution in [0, 0.1) is 19.8 Å². The normalized spacial score (nSPS) is 16.3. The quantitative estimate of drug-likeness (QED) is 0.826. The third-order valence-electron chi connectivity index (χ3n) is 4.45. The number of carbonyl (C=O) groups excluding carboxylic acids is 3. The number of carbonyl (C=O) groups is 3. The van der Waals surface area contributed by atoms with Gasteiger partial charge < -0.3 is 15.0 Å². The van der Waals surface area contributed by atoms with Crippen LogP contribution in [0.3, 0.4) is 0 Å². The van der Waals surface area contributed by atoms with E-state index in [1.54, 1.807) is 11.0 Å². The van der Waals surface area contributed by atoms with Crippen LogP contribution in [0.15, 0.2) is 48.5 Å². The van der Waals surface area contributed by atoms with Crippen molar-refractivity contribution in [2.45, 2.75) is 20.3 Å². The summed E-state index contributed by atoms with van der Waals surface area (Å²) >= 11 is 0. The number of esters is 1. The molecule has 1 atom stereocenters. The Morgan fingerprint density at radius 2 is 1.85 bits per heavy atom. The van der Waals surface area contributed by atoms with Gasteiger partial charge in [-0.3, -0.25) is 14.4 Å². The second kappa shape index (κ2) is 8.03. The van der Waals surface area contributed by atoms with E-state index in [0.717, 1.165) is 16.8 Å². The molecule has 0 saturated carbocycles. The lowest BCUT2D eigenvalue weighted by atomic mass is 10.1. The van der Waals surface area contributed by atoms with E-state index >= 15 is 0 Å². The van der Waals surface area contributed by atoms with E-state index in [0.29, 0.717) is 5.69 Å². The van der Waals surface area contributed by atoms with Crippen molar-refractivity contribution in [2.75, 3.05) is 23.4 Å². The van der Waals surface area contributed by atoms with Crippen LogP contribution in [0.5, 0.6) is 0 Å². The number of aryl methyl sites for hydroxylation is 2. The third kappa shape index (κ3) is 4.73. The molecule has 0 unspecified atom stereocenters. The van der Waals surface area contributed by atoms with E-state index < -0.39 is 17.8 Å². The molecule has 0 radical (unpaired) electrons. The zero-order chi connectivity index (χ0) is 19.4. The fraction of sp³-hybridized carbons (Fsp3) is 0.286. The number of hydrogen-bond acceptors (Lipinski definition) is 4. The van der Waals surface area contributed by atoms with Gasteiger partial charge in [0.05, 0.1) is 5.92 Å². The predicted octanol–water partition coefficient (Wildman–Crippen LogP) is 2.84. The SMILES string of the molecule is Cc1ccc(N2C[C@@H](C(=O)OCC(=O)Nc3cccc(C)c3)CC2=O)cc1. The zero-order valence-corrected chi connectivity index (χ0v) is 15.4. The molecule has 1 aliphatic rings. The number of nitrogens with one attached hydrogen (secondary N) is 1. The molecule has 3 rings (SSSR count). The molecule has 0 bridgehead atoms. The molecule has 2 aromatic rings. The number of nitrogens with zero attached hydrogens (tertiary/aromatic N) is 1. The number of amides is 2. The van der Waals surface area contributed by atoms with Gasteiger partial charge >= 0.3 is 5.97 Å². The Bertz CT molecular complexity index is 861. The summed E-state index contributed by atoms with van der Waals surface area (Å²) in [6.45, 7) is 3.78. The summed E-state index contributed by atoms with van der Waals surface area (Å²) in [5.41, 5.74) is 3.53. The van der Waals surface area contributed by atoms with E-state index in [4.69, 9.17) is 4.74 Å². The minimum Gasteiger partial charge on any atom is -0.455 e. The average Bonchev–Trinajstić information content (AvgIpc) is 3.02. The maximum atomic E-state index is 12.3. The first-order chi connectivity index (χ1) is 12.9. The monoisotopic (exact) mass is 366 g/mol. The lowest BCUT2D eigenvalue weighted by Crippen LogP contribution is -2.28. The highest BCUT2D eigenvalue weighted by Gasteiger charge is 2.36. The van der Waals surface area contributed by atoms with Crippen LogP contribution in [-0.2, 0) is 19.1 Å². The van der Waals surface area contributed by atoms with Gasteiger partial charge in [-0.25, -0.2) is 0 Å². The highest BCUT2D eigenvalue weighted by molar-refractivity contribution is 6.00. The van der Waals surface area contributed by atoms with Crippen molar-refractivity contribution in [2.24, 2.45) is 5.92 Å². The number of benzene rings is 2. The molecule has 6 heteroatoms. The molecule has 1 N–H and O–H groups in total. The van der Waals surface area contributed by atoms with Gasteiger partial charge in [-0.2, -0.15) is 0 Å². The summed E-state index contributed by atoms with van der Waals surface area (Å²) in [4.78, 5) is 38.0. The van der Waals surface area contributed by atoms with Crippen LogP contribution < -0.4 is 10.2 Å². The summed E-state index contributed by atoms with van der Waals surface area (Å²) in [5.74, 6) is -1.62. The fourth-order valence-corrected chi connectivity index (χ4v) is 3.01. The maximum absolute atomic E-state index is 12.3. The van der Waals surface area contributed by atoms with Crippen LogP contribution in [0.2, 0.25) is 0 Å². The zero-order valence-electron chi connectivity index (χ0n) is 15.4. The second-order valence-corrected chi connectivity index (χ2v) is 6.77. The summed E-state index contributed by atoms with van der Waals surface area (Å²) in [5, 5.41) is 2.68. The Labute approximate surface area is 158 Å². The van der Waals surface area contributed by atoms with Crippen LogP contribution in [-0.4, -0.2) is 30.9 Å².